The lowest BCUT2D eigenvalue weighted by molar-refractivity contribution is -0.139. The molecule has 1 spiro atoms. The molecule has 0 bridgehead atoms. The van der Waals surface area contributed by atoms with Gasteiger partial charge in [-0.3, -0.25) is 9.59 Å². The second kappa shape index (κ2) is 10.9. The van der Waals surface area contributed by atoms with Crippen molar-refractivity contribution in [2.24, 2.45) is 5.41 Å². The van der Waals surface area contributed by atoms with Crippen molar-refractivity contribution in [2.45, 2.75) is 32.0 Å². The summed E-state index contributed by atoms with van der Waals surface area (Å²) >= 11 is 0. The molecule has 0 atom stereocenters. The van der Waals surface area contributed by atoms with Crippen molar-refractivity contribution >= 4 is 29.1 Å². The lowest BCUT2D eigenvalue weighted by Crippen LogP contribution is -2.39. The lowest BCUT2D eigenvalue weighted by Gasteiger charge is -2.37. The Hall–Kier alpha value is -4.46. The standard InChI is InChI=1S/C30H30F4N6O4/c1-38-9-7-29(8-10-38)13-24(41)40(16-29)21-12-23(43-3)20(11-19(21)31)36-28-35-14-18(30(32,33)34)26(37-28)44-22-6-4-5-17-15-39(2)27(42)25(17)22/h4-6,11-12,14H,7-10,13,15-16H2,1-3H3,(H,35,36,37). The van der Waals surface area contributed by atoms with Gasteiger partial charge >= 0.3 is 6.18 Å². The van der Waals surface area contributed by atoms with E-state index in [9.17, 15) is 22.8 Å². The van der Waals surface area contributed by atoms with Crippen molar-refractivity contribution < 1.29 is 36.6 Å². The molecule has 0 unspecified atom stereocenters. The summed E-state index contributed by atoms with van der Waals surface area (Å²) in [5.74, 6) is -2.43. The third kappa shape index (κ3) is 5.38. The second-order valence-electron chi connectivity index (χ2n) is 11.6. The average molecular weight is 615 g/mol. The summed E-state index contributed by atoms with van der Waals surface area (Å²) in [6, 6.07) is 7.11. The zero-order valence-electron chi connectivity index (χ0n) is 24.3. The first-order valence-electron chi connectivity index (χ1n) is 14.0. The van der Waals surface area contributed by atoms with Gasteiger partial charge < -0.3 is 29.5 Å². The summed E-state index contributed by atoms with van der Waals surface area (Å²) in [4.78, 5) is 38.4. The van der Waals surface area contributed by atoms with Crippen LogP contribution in [0.4, 0.5) is 34.9 Å². The quantitative estimate of drug-likeness (QED) is 0.378. The number of benzene rings is 2. The molecule has 14 heteroatoms. The van der Waals surface area contributed by atoms with E-state index in [-0.39, 0.29) is 52.3 Å². The van der Waals surface area contributed by atoms with E-state index in [1.807, 2.05) is 7.05 Å². The number of hydrogen-bond donors (Lipinski definition) is 1. The maximum atomic E-state index is 15.5. The number of halogens is 4. The Balaban J connectivity index is 1.30. The molecule has 0 saturated carbocycles. The normalized spacial score (nSPS) is 18.2. The second-order valence-corrected chi connectivity index (χ2v) is 11.6. The summed E-state index contributed by atoms with van der Waals surface area (Å²) < 4.78 is 68.3. The van der Waals surface area contributed by atoms with Gasteiger partial charge in [-0.05, 0) is 50.0 Å². The van der Waals surface area contributed by atoms with Crippen LogP contribution in [0.2, 0.25) is 0 Å². The van der Waals surface area contributed by atoms with Gasteiger partial charge in [0.05, 0.1) is 24.0 Å². The zero-order valence-corrected chi connectivity index (χ0v) is 24.3. The number of nitrogens with one attached hydrogen (secondary N) is 1. The molecular formula is C30H30F4N6O4. The molecule has 2 aromatic carbocycles. The topological polar surface area (TPSA) is 100 Å². The van der Waals surface area contributed by atoms with Crippen molar-refractivity contribution in [3.05, 3.63) is 59.0 Å². The molecular weight excluding hydrogens is 584 g/mol. The van der Waals surface area contributed by atoms with E-state index >= 15 is 4.39 Å². The third-order valence-corrected chi connectivity index (χ3v) is 8.52. The summed E-state index contributed by atoms with van der Waals surface area (Å²) in [5, 5.41) is 2.71. The van der Waals surface area contributed by atoms with Crippen LogP contribution in [-0.2, 0) is 17.5 Å². The molecule has 232 valence electrons. The molecule has 3 aliphatic rings. The van der Waals surface area contributed by atoms with Gasteiger partial charge in [-0.15, -0.1) is 0 Å². The first-order chi connectivity index (χ1) is 20.9. The van der Waals surface area contributed by atoms with Gasteiger partial charge in [0.2, 0.25) is 17.7 Å². The number of anilines is 3. The van der Waals surface area contributed by atoms with Crippen LogP contribution in [0, 0.1) is 11.2 Å². The van der Waals surface area contributed by atoms with Crippen LogP contribution in [0.1, 0.15) is 40.7 Å². The fraction of sp³-hybridized carbons (Fsp3) is 0.400. The number of piperidine rings is 1. The van der Waals surface area contributed by atoms with Crippen LogP contribution in [-0.4, -0.2) is 72.4 Å². The number of rotatable bonds is 6. The summed E-state index contributed by atoms with van der Waals surface area (Å²) in [7, 11) is 4.95. The Kier molecular flexibility index (Phi) is 7.34. The highest BCUT2D eigenvalue weighted by Gasteiger charge is 2.45. The van der Waals surface area contributed by atoms with Crippen molar-refractivity contribution in [2.75, 3.05) is 51.1 Å². The van der Waals surface area contributed by atoms with E-state index in [2.05, 4.69) is 20.2 Å². The fourth-order valence-corrected chi connectivity index (χ4v) is 6.04. The molecule has 4 heterocycles. The smallest absolute Gasteiger partial charge is 0.423 e. The van der Waals surface area contributed by atoms with Crippen LogP contribution >= 0.6 is 0 Å². The van der Waals surface area contributed by atoms with Gasteiger partial charge in [0, 0.05) is 44.9 Å². The van der Waals surface area contributed by atoms with E-state index in [1.54, 1.807) is 19.2 Å². The Morgan fingerprint density at radius 1 is 1.07 bits per heavy atom. The summed E-state index contributed by atoms with van der Waals surface area (Å²) in [6.07, 6.45) is -2.33. The van der Waals surface area contributed by atoms with E-state index in [1.165, 1.54) is 29.0 Å². The number of aromatic nitrogens is 2. The molecule has 6 rings (SSSR count). The third-order valence-electron chi connectivity index (χ3n) is 8.52. The maximum Gasteiger partial charge on any atom is 0.423 e. The Labute approximate surface area is 250 Å². The molecule has 3 aliphatic heterocycles. The molecule has 2 saturated heterocycles. The number of alkyl halides is 3. The van der Waals surface area contributed by atoms with Crippen molar-refractivity contribution in [1.29, 1.82) is 0 Å². The molecule has 44 heavy (non-hydrogen) atoms. The van der Waals surface area contributed by atoms with E-state index in [4.69, 9.17) is 9.47 Å². The highest BCUT2D eigenvalue weighted by atomic mass is 19.4. The molecule has 10 nitrogen and oxygen atoms in total. The molecule has 1 aromatic heterocycles. The number of carbonyl (C=O) groups excluding carboxylic acids is 2. The number of fused-ring (bicyclic) bond motifs is 1. The number of hydrogen-bond acceptors (Lipinski definition) is 8. The van der Waals surface area contributed by atoms with Gasteiger partial charge in [-0.2, -0.15) is 18.2 Å². The number of methoxy groups -OCH3 is 1. The van der Waals surface area contributed by atoms with Crippen LogP contribution in [0.3, 0.4) is 0 Å². The predicted octanol–water partition coefficient (Wildman–Crippen LogP) is 5.21. The first-order valence-corrected chi connectivity index (χ1v) is 14.0. The van der Waals surface area contributed by atoms with Gasteiger partial charge in [0.1, 0.15) is 22.9 Å². The molecule has 2 fully saturated rings. The van der Waals surface area contributed by atoms with Crippen LogP contribution in [0.5, 0.6) is 17.4 Å². The van der Waals surface area contributed by atoms with Gasteiger partial charge in [-0.25, -0.2) is 9.37 Å². The number of ether oxygens (including phenoxy) is 2. The van der Waals surface area contributed by atoms with E-state index < -0.39 is 29.3 Å². The minimum Gasteiger partial charge on any atom is -0.494 e. The largest absolute Gasteiger partial charge is 0.494 e. The van der Waals surface area contributed by atoms with Crippen LogP contribution < -0.4 is 19.7 Å². The summed E-state index contributed by atoms with van der Waals surface area (Å²) in [5.41, 5.74) is -0.647. The molecule has 1 N–H and O–H groups in total. The molecule has 0 radical (unpaired) electrons. The minimum absolute atomic E-state index is 0.0255. The van der Waals surface area contributed by atoms with Crippen LogP contribution in [0.25, 0.3) is 0 Å². The minimum atomic E-state index is -4.87. The van der Waals surface area contributed by atoms with E-state index in [0.29, 0.717) is 24.7 Å². The fourth-order valence-electron chi connectivity index (χ4n) is 6.04. The van der Waals surface area contributed by atoms with Crippen molar-refractivity contribution in [1.82, 2.24) is 19.8 Å². The first kappa shape index (κ1) is 29.6. The SMILES string of the molecule is COc1cc(N2CC3(CCN(C)CC3)CC2=O)c(F)cc1Nc1ncc(C(F)(F)F)c(Oc2cccc3c2C(=O)N(C)C3)n1. The zero-order chi connectivity index (χ0) is 31.4. The lowest BCUT2D eigenvalue weighted by atomic mass is 9.78. The number of likely N-dealkylation sites (tertiary alicyclic amines) is 1. The highest BCUT2D eigenvalue weighted by molar-refractivity contribution is 6.01. The highest BCUT2D eigenvalue weighted by Crippen LogP contribution is 2.45. The Morgan fingerprint density at radius 3 is 2.52 bits per heavy atom. The Bertz CT molecular complexity index is 1640. The maximum absolute atomic E-state index is 15.5. The monoisotopic (exact) mass is 614 g/mol. The van der Waals surface area contributed by atoms with E-state index in [0.717, 1.165) is 32.0 Å². The molecule has 2 amide bonds. The van der Waals surface area contributed by atoms with Crippen LogP contribution in [0.15, 0.2) is 36.5 Å². The van der Waals surface area contributed by atoms with Gasteiger partial charge in [0.15, 0.2) is 0 Å². The van der Waals surface area contributed by atoms with Gasteiger partial charge in [0.25, 0.3) is 5.91 Å². The number of carbonyl (C=O) groups is 2. The number of nitrogens with zero attached hydrogens (tertiary/aromatic N) is 5. The van der Waals surface area contributed by atoms with Crippen molar-refractivity contribution in [3.63, 3.8) is 0 Å². The Morgan fingerprint density at radius 2 is 1.82 bits per heavy atom. The average Bonchev–Trinajstić information content (AvgIpc) is 3.45. The molecule has 0 aliphatic carbocycles. The van der Waals surface area contributed by atoms with Crippen molar-refractivity contribution in [3.8, 4) is 17.4 Å². The predicted molar refractivity (Wildman–Crippen MR) is 152 cm³/mol. The molecule has 3 aromatic rings. The van der Waals surface area contributed by atoms with Gasteiger partial charge in [-0.1, -0.05) is 12.1 Å². The summed E-state index contributed by atoms with van der Waals surface area (Å²) in [6.45, 7) is 2.39. The number of amides is 2.